The number of hydrogen-bond donors (Lipinski definition) is 2. The number of ether oxygens (including phenoxy) is 1. The normalized spacial score (nSPS) is 11.0. The maximum absolute atomic E-state index is 13.6. The summed E-state index contributed by atoms with van der Waals surface area (Å²) in [4.78, 5) is 22.8. The number of benzene rings is 2. The Hall–Kier alpha value is -3.22. The highest BCUT2D eigenvalue weighted by Crippen LogP contribution is 2.15. The number of hydrogen-bond acceptors (Lipinski definition) is 3. The molecule has 5 nitrogen and oxygen atoms in total. The third-order valence-corrected chi connectivity index (χ3v) is 2.97. The summed E-state index contributed by atoms with van der Waals surface area (Å²) in [6, 6.07) is 11.8. The van der Waals surface area contributed by atoms with E-state index in [0.717, 1.165) is 18.2 Å². The van der Waals surface area contributed by atoms with Gasteiger partial charge in [-0.05, 0) is 23.8 Å². The third-order valence-electron chi connectivity index (χ3n) is 2.97. The van der Waals surface area contributed by atoms with Crippen LogP contribution in [-0.4, -0.2) is 17.2 Å². The zero-order chi connectivity index (χ0) is 17.5. The van der Waals surface area contributed by atoms with E-state index in [-0.39, 0.29) is 6.61 Å². The first-order valence-corrected chi connectivity index (χ1v) is 6.84. The number of nitrogens with one attached hydrogen (secondary N) is 1. The largest absolute Gasteiger partial charge is 0.477 e. The van der Waals surface area contributed by atoms with Crippen LogP contribution in [0.3, 0.4) is 0 Å². The van der Waals surface area contributed by atoms with Gasteiger partial charge in [0.15, 0.2) is 0 Å². The molecule has 0 aliphatic heterocycles. The fourth-order valence-electron chi connectivity index (χ4n) is 1.81. The van der Waals surface area contributed by atoms with E-state index in [0.29, 0.717) is 11.6 Å². The standard InChI is InChI=1S/C17H13F2NO4/c18-13-7-4-8-14(19)12(13)9-15(16(21)22)20-17(23)24-10-11-5-2-1-3-6-11/h1-9H,10H2,(H,20,23)(H,21,22). The molecule has 2 aromatic carbocycles. The number of carboxylic acid groups (broad SMARTS) is 1. The second kappa shape index (κ2) is 7.87. The summed E-state index contributed by atoms with van der Waals surface area (Å²) in [6.07, 6.45) is -0.360. The first-order valence-electron chi connectivity index (χ1n) is 6.84. The average Bonchev–Trinajstić information content (AvgIpc) is 2.56. The lowest BCUT2D eigenvalue weighted by Gasteiger charge is -2.08. The smallest absolute Gasteiger partial charge is 0.412 e. The lowest BCUT2D eigenvalue weighted by Crippen LogP contribution is -2.27. The number of rotatable bonds is 5. The van der Waals surface area contributed by atoms with Crippen LogP contribution >= 0.6 is 0 Å². The van der Waals surface area contributed by atoms with Crippen LogP contribution in [0.2, 0.25) is 0 Å². The molecule has 2 rings (SSSR count). The minimum atomic E-state index is -1.56. The highest BCUT2D eigenvalue weighted by molar-refractivity contribution is 5.95. The van der Waals surface area contributed by atoms with Crippen molar-refractivity contribution >= 4 is 18.1 Å². The van der Waals surface area contributed by atoms with E-state index >= 15 is 0 Å². The van der Waals surface area contributed by atoms with Gasteiger partial charge >= 0.3 is 12.1 Å². The number of aliphatic carboxylic acids is 1. The molecule has 0 fully saturated rings. The van der Waals surface area contributed by atoms with Crippen molar-refractivity contribution in [3.63, 3.8) is 0 Å². The monoisotopic (exact) mass is 333 g/mol. The van der Waals surface area contributed by atoms with Gasteiger partial charge in [-0.25, -0.2) is 18.4 Å². The Morgan fingerprint density at radius 3 is 2.25 bits per heavy atom. The van der Waals surface area contributed by atoms with Gasteiger partial charge in [-0.15, -0.1) is 0 Å². The van der Waals surface area contributed by atoms with Crippen molar-refractivity contribution in [3.05, 3.63) is 77.0 Å². The molecule has 7 heteroatoms. The minimum Gasteiger partial charge on any atom is -0.477 e. The van der Waals surface area contributed by atoms with Crippen LogP contribution in [0.25, 0.3) is 6.08 Å². The quantitative estimate of drug-likeness (QED) is 0.823. The van der Waals surface area contributed by atoms with Crippen LogP contribution in [0, 0.1) is 11.6 Å². The zero-order valence-corrected chi connectivity index (χ0v) is 12.3. The van der Waals surface area contributed by atoms with Gasteiger partial charge in [0.25, 0.3) is 0 Å². The van der Waals surface area contributed by atoms with E-state index in [9.17, 15) is 18.4 Å². The SMILES string of the molecule is O=C(NC(=Cc1c(F)cccc1F)C(=O)O)OCc1ccccc1. The van der Waals surface area contributed by atoms with Gasteiger partial charge in [-0.3, -0.25) is 5.32 Å². The van der Waals surface area contributed by atoms with Crippen LogP contribution in [-0.2, 0) is 16.1 Å². The molecule has 0 saturated heterocycles. The van der Waals surface area contributed by atoms with Crippen molar-refractivity contribution in [2.75, 3.05) is 0 Å². The molecule has 0 aromatic heterocycles. The summed E-state index contributed by atoms with van der Waals surface area (Å²) in [5.74, 6) is -3.46. The predicted molar refractivity (Wildman–Crippen MR) is 81.7 cm³/mol. The van der Waals surface area contributed by atoms with Gasteiger partial charge in [0.2, 0.25) is 0 Å². The van der Waals surface area contributed by atoms with Gasteiger partial charge in [-0.2, -0.15) is 0 Å². The maximum Gasteiger partial charge on any atom is 0.412 e. The van der Waals surface area contributed by atoms with Crippen LogP contribution in [0.15, 0.2) is 54.2 Å². The van der Waals surface area contributed by atoms with Gasteiger partial charge in [-0.1, -0.05) is 36.4 Å². The Kier molecular flexibility index (Phi) is 5.62. The maximum atomic E-state index is 13.6. The van der Waals surface area contributed by atoms with E-state index in [1.165, 1.54) is 0 Å². The van der Waals surface area contributed by atoms with E-state index in [2.05, 4.69) is 0 Å². The Balaban J connectivity index is 2.10. The molecule has 0 atom stereocenters. The summed E-state index contributed by atoms with van der Waals surface area (Å²) in [5, 5.41) is 11.0. The molecule has 0 bridgehead atoms. The molecule has 2 N–H and O–H groups in total. The Labute approximate surface area is 136 Å². The van der Waals surface area contributed by atoms with Gasteiger partial charge in [0.1, 0.15) is 23.9 Å². The molecule has 0 aliphatic carbocycles. The first-order chi connectivity index (χ1) is 11.5. The van der Waals surface area contributed by atoms with Gasteiger partial charge in [0.05, 0.1) is 0 Å². The van der Waals surface area contributed by atoms with Crippen molar-refractivity contribution in [3.8, 4) is 0 Å². The fraction of sp³-hybridized carbons (Fsp3) is 0.0588. The third kappa shape index (κ3) is 4.64. The molecule has 0 aliphatic rings. The number of carboxylic acids is 1. The van der Waals surface area contributed by atoms with Crippen LogP contribution in [0.1, 0.15) is 11.1 Å². The number of carbonyl (C=O) groups excluding carboxylic acids is 1. The molecule has 2 aromatic rings. The highest BCUT2D eigenvalue weighted by Gasteiger charge is 2.15. The molecule has 0 unspecified atom stereocenters. The Bertz CT molecular complexity index is 755. The number of carbonyl (C=O) groups is 2. The number of alkyl carbamates (subject to hydrolysis) is 1. The summed E-state index contributed by atoms with van der Waals surface area (Å²) >= 11 is 0. The van der Waals surface area contributed by atoms with Gasteiger partial charge in [0, 0.05) is 5.56 Å². The van der Waals surface area contributed by atoms with E-state index in [4.69, 9.17) is 9.84 Å². The highest BCUT2D eigenvalue weighted by atomic mass is 19.1. The summed E-state index contributed by atoms with van der Waals surface area (Å²) in [6.45, 7) is -0.0758. The van der Waals surface area contributed by atoms with Crippen molar-refractivity contribution in [1.82, 2.24) is 5.32 Å². The van der Waals surface area contributed by atoms with E-state index in [1.807, 2.05) is 5.32 Å². The van der Waals surface area contributed by atoms with Crippen molar-refractivity contribution < 1.29 is 28.2 Å². The number of amides is 1. The molecule has 24 heavy (non-hydrogen) atoms. The molecule has 0 saturated carbocycles. The molecule has 0 radical (unpaired) electrons. The second-order valence-corrected chi connectivity index (χ2v) is 4.69. The van der Waals surface area contributed by atoms with Crippen molar-refractivity contribution in [1.29, 1.82) is 0 Å². The van der Waals surface area contributed by atoms with Crippen LogP contribution < -0.4 is 5.32 Å². The fourth-order valence-corrected chi connectivity index (χ4v) is 1.81. The van der Waals surface area contributed by atoms with Crippen LogP contribution in [0.5, 0.6) is 0 Å². The molecule has 124 valence electrons. The van der Waals surface area contributed by atoms with Gasteiger partial charge < -0.3 is 9.84 Å². The van der Waals surface area contributed by atoms with E-state index < -0.39 is 35.0 Å². The lowest BCUT2D eigenvalue weighted by molar-refractivity contribution is -0.132. The zero-order valence-electron chi connectivity index (χ0n) is 12.3. The topological polar surface area (TPSA) is 75.6 Å². The molecular formula is C17H13F2NO4. The summed E-state index contributed by atoms with van der Waals surface area (Å²) < 4.78 is 32.0. The average molecular weight is 333 g/mol. The second-order valence-electron chi connectivity index (χ2n) is 4.69. The molecule has 0 heterocycles. The molecule has 1 amide bonds. The minimum absolute atomic E-state index is 0.0758. The number of halogens is 2. The molecule has 0 spiro atoms. The first kappa shape index (κ1) is 17.1. The van der Waals surface area contributed by atoms with Crippen molar-refractivity contribution in [2.24, 2.45) is 0 Å². The van der Waals surface area contributed by atoms with Crippen LogP contribution in [0.4, 0.5) is 13.6 Å². The van der Waals surface area contributed by atoms with E-state index in [1.54, 1.807) is 30.3 Å². The Morgan fingerprint density at radius 2 is 1.67 bits per heavy atom. The lowest BCUT2D eigenvalue weighted by atomic mass is 10.1. The Morgan fingerprint density at radius 1 is 1.04 bits per heavy atom. The summed E-state index contributed by atoms with van der Waals surface area (Å²) in [7, 11) is 0. The molecular weight excluding hydrogens is 320 g/mol. The predicted octanol–water partition coefficient (Wildman–Crippen LogP) is 3.32. The van der Waals surface area contributed by atoms with Crippen molar-refractivity contribution in [2.45, 2.75) is 6.61 Å². The summed E-state index contributed by atoms with van der Waals surface area (Å²) in [5.41, 5.74) is -0.580.